The largest absolute Gasteiger partial charge is 0.483 e. The molecule has 22 heavy (non-hydrogen) atoms. The molecule has 0 spiro atoms. The Morgan fingerprint density at radius 3 is 2.41 bits per heavy atom. The molecule has 1 N–H and O–H groups in total. The van der Waals surface area contributed by atoms with Gasteiger partial charge in [0.25, 0.3) is 6.47 Å². The Bertz CT molecular complexity index is 597. The maximum atomic E-state index is 8.36. The molecule has 5 heteroatoms. The average Bonchev–Trinajstić information content (AvgIpc) is 2.51. The van der Waals surface area contributed by atoms with Gasteiger partial charge in [0.15, 0.2) is 0 Å². The molecular weight excluding hydrogens is 280 g/mol. The predicted molar refractivity (Wildman–Crippen MR) is 85.7 cm³/mol. The fourth-order valence-corrected chi connectivity index (χ4v) is 2.06. The number of hydrogen-bond donors (Lipinski definition) is 1. The van der Waals surface area contributed by atoms with Gasteiger partial charge in [-0.1, -0.05) is 24.3 Å². The summed E-state index contributed by atoms with van der Waals surface area (Å²) in [4.78, 5) is 8.36. The van der Waals surface area contributed by atoms with Gasteiger partial charge < -0.3 is 9.84 Å². The lowest BCUT2D eigenvalue weighted by atomic mass is 10.0. The zero-order valence-electron chi connectivity index (χ0n) is 13.4. The van der Waals surface area contributed by atoms with Crippen molar-refractivity contribution in [2.24, 2.45) is 0 Å². The molecule has 1 aromatic heterocycles. The SMILES string of the molecule is CCOC(C)c1ccc(-c2nncc(C)c2C)cc1.O=CO. The monoisotopic (exact) mass is 302 g/mol. The smallest absolute Gasteiger partial charge is 0.290 e. The minimum atomic E-state index is -0.250. The van der Waals surface area contributed by atoms with Gasteiger partial charge in [-0.2, -0.15) is 10.2 Å². The molecule has 1 unspecified atom stereocenters. The van der Waals surface area contributed by atoms with Crippen molar-refractivity contribution in [2.45, 2.75) is 33.8 Å². The standard InChI is InChI=1S/C16H20N2O.CH2O2/c1-5-19-13(4)14-6-8-15(9-7-14)16-12(3)11(2)10-17-18-16;2-1-3/h6-10,13H,5H2,1-4H3;1H,(H,2,3). The van der Waals surface area contributed by atoms with Gasteiger partial charge in [0.2, 0.25) is 0 Å². The molecular formula is C17H22N2O3. The van der Waals surface area contributed by atoms with Crippen LogP contribution >= 0.6 is 0 Å². The summed E-state index contributed by atoms with van der Waals surface area (Å²) in [5.41, 5.74) is 5.58. The number of carbonyl (C=O) groups is 1. The van der Waals surface area contributed by atoms with Crippen molar-refractivity contribution in [1.29, 1.82) is 0 Å². The highest BCUT2D eigenvalue weighted by Crippen LogP contribution is 2.24. The Kier molecular flexibility index (Phi) is 7.19. The molecule has 5 nitrogen and oxygen atoms in total. The highest BCUT2D eigenvalue weighted by atomic mass is 16.5. The van der Waals surface area contributed by atoms with Crippen LogP contribution < -0.4 is 0 Å². The molecule has 118 valence electrons. The summed E-state index contributed by atoms with van der Waals surface area (Å²) in [6, 6.07) is 8.36. The Morgan fingerprint density at radius 1 is 1.27 bits per heavy atom. The summed E-state index contributed by atoms with van der Waals surface area (Å²) < 4.78 is 5.59. The lowest BCUT2D eigenvalue weighted by molar-refractivity contribution is -0.122. The minimum absolute atomic E-state index is 0.128. The topological polar surface area (TPSA) is 72.3 Å². The van der Waals surface area contributed by atoms with E-state index in [1.54, 1.807) is 6.20 Å². The lowest BCUT2D eigenvalue weighted by Crippen LogP contribution is -1.99. The average molecular weight is 302 g/mol. The summed E-state index contributed by atoms with van der Waals surface area (Å²) in [5, 5.41) is 15.2. The van der Waals surface area contributed by atoms with E-state index in [1.807, 2.05) is 6.92 Å². The zero-order valence-corrected chi connectivity index (χ0v) is 13.4. The number of aryl methyl sites for hydroxylation is 1. The van der Waals surface area contributed by atoms with E-state index in [1.165, 1.54) is 11.1 Å². The van der Waals surface area contributed by atoms with Crippen LogP contribution in [0.5, 0.6) is 0 Å². The van der Waals surface area contributed by atoms with E-state index in [0.717, 1.165) is 23.4 Å². The molecule has 0 amide bonds. The van der Waals surface area contributed by atoms with Crippen LogP contribution in [0.1, 0.15) is 36.6 Å². The Morgan fingerprint density at radius 2 is 1.86 bits per heavy atom. The second-order valence-corrected chi connectivity index (χ2v) is 4.83. The van der Waals surface area contributed by atoms with Gasteiger partial charge in [-0.05, 0) is 44.4 Å². The van der Waals surface area contributed by atoms with Gasteiger partial charge in [0.05, 0.1) is 18.0 Å². The number of aromatic nitrogens is 2. The van der Waals surface area contributed by atoms with Crippen molar-refractivity contribution in [3.05, 3.63) is 47.2 Å². The van der Waals surface area contributed by atoms with Gasteiger partial charge in [-0.25, -0.2) is 0 Å². The normalized spacial score (nSPS) is 11.3. The van der Waals surface area contributed by atoms with Crippen LogP contribution in [0.2, 0.25) is 0 Å². The highest BCUT2D eigenvalue weighted by molar-refractivity contribution is 5.63. The molecule has 0 aliphatic heterocycles. The Balaban J connectivity index is 0.000000745. The second-order valence-electron chi connectivity index (χ2n) is 4.83. The van der Waals surface area contributed by atoms with Crippen LogP contribution in [0.4, 0.5) is 0 Å². The molecule has 0 aliphatic rings. The summed E-state index contributed by atoms with van der Waals surface area (Å²) in [7, 11) is 0. The third-order valence-electron chi connectivity index (χ3n) is 3.43. The van der Waals surface area contributed by atoms with E-state index >= 15 is 0 Å². The first-order chi connectivity index (χ1) is 10.5. The van der Waals surface area contributed by atoms with Crippen molar-refractivity contribution >= 4 is 6.47 Å². The first-order valence-electron chi connectivity index (χ1n) is 7.13. The van der Waals surface area contributed by atoms with Gasteiger partial charge in [-0.15, -0.1) is 0 Å². The fourth-order valence-electron chi connectivity index (χ4n) is 2.06. The van der Waals surface area contributed by atoms with Crippen LogP contribution in [0, 0.1) is 13.8 Å². The molecule has 2 aromatic rings. The van der Waals surface area contributed by atoms with Crippen LogP contribution in [-0.2, 0) is 9.53 Å². The molecule has 0 aliphatic carbocycles. The van der Waals surface area contributed by atoms with E-state index in [0.29, 0.717) is 0 Å². The first-order valence-corrected chi connectivity index (χ1v) is 7.13. The third kappa shape index (κ3) is 4.63. The van der Waals surface area contributed by atoms with E-state index in [4.69, 9.17) is 14.6 Å². The van der Waals surface area contributed by atoms with Crippen molar-refractivity contribution in [1.82, 2.24) is 10.2 Å². The first kappa shape index (κ1) is 17.8. The van der Waals surface area contributed by atoms with Gasteiger partial charge >= 0.3 is 0 Å². The van der Waals surface area contributed by atoms with Crippen molar-refractivity contribution in [3.8, 4) is 11.3 Å². The molecule has 2 rings (SSSR count). The van der Waals surface area contributed by atoms with Crippen LogP contribution in [0.3, 0.4) is 0 Å². The quantitative estimate of drug-likeness (QED) is 0.874. The van der Waals surface area contributed by atoms with Crippen LogP contribution in [0.15, 0.2) is 30.5 Å². The number of benzene rings is 1. The molecule has 1 atom stereocenters. The van der Waals surface area contributed by atoms with Gasteiger partial charge in [-0.3, -0.25) is 4.79 Å². The molecule has 0 fully saturated rings. The molecule has 0 radical (unpaired) electrons. The fraction of sp³-hybridized carbons (Fsp3) is 0.353. The molecule has 0 saturated heterocycles. The summed E-state index contributed by atoms with van der Waals surface area (Å²) in [5.74, 6) is 0. The second kappa shape index (κ2) is 8.89. The van der Waals surface area contributed by atoms with Crippen molar-refractivity contribution in [2.75, 3.05) is 6.61 Å². The van der Waals surface area contributed by atoms with Crippen LogP contribution in [0.25, 0.3) is 11.3 Å². The van der Waals surface area contributed by atoms with Crippen molar-refractivity contribution < 1.29 is 14.6 Å². The van der Waals surface area contributed by atoms with Gasteiger partial charge in [0, 0.05) is 12.2 Å². The maximum absolute atomic E-state index is 8.36. The van der Waals surface area contributed by atoms with E-state index in [-0.39, 0.29) is 12.6 Å². The molecule has 0 saturated carbocycles. The molecule has 0 bridgehead atoms. The number of rotatable bonds is 4. The Hall–Kier alpha value is -2.27. The third-order valence-corrected chi connectivity index (χ3v) is 3.43. The van der Waals surface area contributed by atoms with E-state index < -0.39 is 0 Å². The number of hydrogen-bond acceptors (Lipinski definition) is 4. The minimum Gasteiger partial charge on any atom is -0.483 e. The van der Waals surface area contributed by atoms with Crippen LogP contribution in [-0.4, -0.2) is 28.4 Å². The van der Waals surface area contributed by atoms with Crippen molar-refractivity contribution in [3.63, 3.8) is 0 Å². The predicted octanol–water partition coefficient (Wildman–Crippen LogP) is 3.56. The number of nitrogens with zero attached hydrogens (tertiary/aromatic N) is 2. The number of ether oxygens (including phenoxy) is 1. The zero-order chi connectivity index (χ0) is 16.5. The number of carboxylic acid groups (broad SMARTS) is 1. The molecule has 1 aromatic carbocycles. The summed E-state index contributed by atoms with van der Waals surface area (Å²) >= 11 is 0. The molecule has 1 heterocycles. The maximum Gasteiger partial charge on any atom is 0.290 e. The van der Waals surface area contributed by atoms with Gasteiger partial charge in [0.1, 0.15) is 0 Å². The van der Waals surface area contributed by atoms with E-state index in [9.17, 15) is 0 Å². The summed E-state index contributed by atoms with van der Waals surface area (Å²) in [6.45, 7) is 8.69. The lowest BCUT2D eigenvalue weighted by Gasteiger charge is -2.13. The van der Waals surface area contributed by atoms with E-state index in [2.05, 4.69) is 55.2 Å². The Labute approximate surface area is 131 Å². The highest BCUT2D eigenvalue weighted by Gasteiger charge is 2.08. The summed E-state index contributed by atoms with van der Waals surface area (Å²) in [6.07, 6.45) is 1.92.